The second kappa shape index (κ2) is 4.48. The van der Waals surface area contributed by atoms with Crippen LogP contribution in [0.5, 0.6) is 0 Å². The van der Waals surface area contributed by atoms with Gasteiger partial charge in [-0.1, -0.05) is 13.8 Å². The van der Waals surface area contributed by atoms with Crippen LogP contribution < -0.4 is 0 Å². The first-order valence-corrected chi connectivity index (χ1v) is 4.04. The summed E-state index contributed by atoms with van der Waals surface area (Å²) >= 11 is 0. The Labute approximate surface area is 74.7 Å². The highest BCUT2D eigenvalue weighted by Gasteiger charge is 2.35. The monoisotopic (exact) mass is 198 g/mol. The minimum absolute atomic E-state index is 0.0655. The lowest BCUT2D eigenvalue weighted by Gasteiger charge is -2.16. The van der Waals surface area contributed by atoms with Gasteiger partial charge in [0, 0.05) is 0 Å². The fourth-order valence-corrected chi connectivity index (χ4v) is 0.787. The quantitative estimate of drug-likeness (QED) is 0.754. The fourth-order valence-electron chi connectivity index (χ4n) is 0.787. The summed E-state index contributed by atoms with van der Waals surface area (Å²) in [7, 11) is 0. The Morgan fingerprint density at radius 2 is 1.77 bits per heavy atom. The molecule has 0 fully saturated rings. The van der Waals surface area contributed by atoms with E-state index in [1.165, 1.54) is 6.92 Å². The van der Waals surface area contributed by atoms with E-state index in [-0.39, 0.29) is 12.8 Å². The lowest BCUT2D eigenvalue weighted by Crippen LogP contribution is -2.21. The van der Waals surface area contributed by atoms with Crippen molar-refractivity contribution >= 4 is 5.97 Å². The number of hydrogen-bond donors (Lipinski definition) is 1. The third-order valence-corrected chi connectivity index (χ3v) is 2.01. The van der Waals surface area contributed by atoms with Crippen molar-refractivity contribution in [3.05, 3.63) is 0 Å². The van der Waals surface area contributed by atoms with Crippen LogP contribution in [0.2, 0.25) is 0 Å². The molecule has 0 bridgehead atoms. The van der Waals surface area contributed by atoms with Crippen LogP contribution in [0, 0.1) is 11.8 Å². The topological polar surface area (TPSA) is 37.3 Å². The first kappa shape index (κ1) is 12.3. The molecule has 0 spiro atoms. The van der Waals surface area contributed by atoms with Gasteiger partial charge < -0.3 is 5.11 Å². The summed E-state index contributed by atoms with van der Waals surface area (Å²) < 4.78 is 35.9. The second-order valence-electron chi connectivity index (χ2n) is 3.26. The van der Waals surface area contributed by atoms with Gasteiger partial charge in [-0.2, -0.15) is 13.2 Å². The average Bonchev–Trinajstić information content (AvgIpc) is 1.97. The zero-order valence-electron chi connectivity index (χ0n) is 7.56. The maximum absolute atomic E-state index is 12.0. The van der Waals surface area contributed by atoms with Crippen molar-refractivity contribution in [1.82, 2.24) is 0 Å². The van der Waals surface area contributed by atoms with Crippen LogP contribution in [0.4, 0.5) is 13.2 Å². The van der Waals surface area contributed by atoms with Gasteiger partial charge in [0.25, 0.3) is 0 Å². The molecule has 2 atom stereocenters. The van der Waals surface area contributed by atoms with Gasteiger partial charge in [0.2, 0.25) is 0 Å². The number of halogens is 3. The van der Waals surface area contributed by atoms with Gasteiger partial charge in [-0.3, -0.25) is 4.79 Å². The van der Waals surface area contributed by atoms with Crippen LogP contribution >= 0.6 is 0 Å². The van der Waals surface area contributed by atoms with Crippen molar-refractivity contribution in [3.63, 3.8) is 0 Å². The first-order chi connectivity index (χ1) is 5.75. The van der Waals surface area contributed by atoms with Crippen molar-refractivity contribution in [2.45, 2.75) is 32.9 Å². The SMILES string of the molecule is CC(CCC(C)C(F)(F)F)C(=O)O. The molecule has 0 aromatic heterocycles. The third-order valence-electron chi connectivity index (χ3n) is 2.01. The zero-order valence-corrected chi connectivity index (χ0v) is 7.56. The summed E-state index contributed by atoms with van der Waals surface area (Å²) in [5.41, 5.74) is 0. The molecule has 2 unspecified atom stereocenters. The maximum atomic E-state index is 12.0. The molecule has 0 saturated heterocycles. The van der Waals surface area contributed by atoms with Gasteiger partial charge in [0.1, 0.15) is 0 Å². The van der Waals surface area contributed by atoms with E-state index in [4.69, 9.17) is 5.11 Å². The molecular weight excluding hydrogens is 185 g/mol. The molecule has 0 aromatic rings. The number of carboxylic acid groups (broad SMARTS) is 1. The van der Waals surface area contributed by atoms with Gasteiger partial charge in [-0.15, -0.1) is 0 Å². The molecule has 1 N–H and O–H groups in total. The molecule has 0 amide bonds. The summed E-state index contributed by atoms with van der Waals surface area (Å²) in [4.78, 5) is 10.3. The molecule has 0 aliphatic rings. The van der Waals surface area contributed by atoms with Crippen molar-refractivity contribution in [3.8, 4) is 0 Å². The Bertz CT molecular complexity index is 177. The molecule has 0 heterocycles. The average molecular weight is 198 g/mol. The van der Waals surface area contributed by atoms with Gasteiger partial charge in [-0.25, -0.2) is 0 Å². The Balaban J connectivity index is 3.83. The number of carbonyl (C=O) groups is 1. The van der Waals surface area contributed by atoms with Gasteiger partial charge >= 0.3 is 12.1 Å². The Morgan fingerprint density at radius 3 is 2.08 bits per heavy atom. The Morgan fingerprint density at radius 1 is 1.31 bits per heavy atom. The van der Waals surface area contributed by atoms with Gasteiger partial charge in [0.15, 0.2) is 0 Å². The molecule has 0 aliphatic carbocycles. The normalized spacial score (nSPS) is 16.7. The maximum Gasteiger partial charge on any atom is 0.391 e. The van der Waals surface area contributed by atoms with Crippen molar-refractivity contribution in [1.29, 1.82) is 0 Å². The van der Waals surface area contributed by atoms with E-state index in [0.29, 0.717) is 0 Å². The zero-order chi connectivity index (χ0) is 10.6. The predicted molar refractivity (Wildman–Crippen MR) is 41.3 cm³/mol. The number of alkyl halides is 3. The number of hydrogen-bond acceptors (Lipinski definition) is 1. The fraction of sp³-hybridized carbons (Fsp3) is 0.875. The van der Waals surface area contributed by atoms with Crippen LogP contribution in [-0.4, -0.2) is 17.3 Å². The molecule has 0 saturated carbocycles. The minimum Gasteiger partial charge on any atom is -0.481 e. The Hall–Kier alpha value is -0.740. The molecule has 0 rings (SSSR count). The van der Waals surface area contributed by atoms with Crippen LogP contribution in [0.3, 0.4) is 0 Å². The number of rotatable bonds is 4. The summed E-state index contributed by atoms with van der Waals surface area (Å²) in [6.07, 6.45) is -4.27. The van der Waals surface area contributed by atoms with E-state index in [0.717, 1.165) is 6.92 Å². The highest BCUT2D eigenvalue weighted by Crippen LogP contribution is 2.30. The van der Waals surface area contributed by atoms with Crippen molar-refractivity contribution < 1.29 is 23.1 Å². The first-order valence-electron chi connectivity index (χ1n) is 4.04. The molecule has 2 nitrogen and oxygen atoms in total. The smallest absolute Gasteiger partial charge is 0.391 e. The number of carboxylic acids is 1. The van der Waals surface area contributed by atoms with Crippen LogP contribution in [0.15, 0.2) is 0 Å². The summed E-state index contributed by atoms with van der Waals surface area (Å²) in [5.74, 6) is -3.17. The largest absolute Gasteiger partial charge is 0.481 e. The third kappa shape index (κ3) is 4.75. The molecule has 78 valence electrons. The second-order valence-corrected chi connectivity index (χ2v) is 3.26. The van der Waals surface area contributed by atoms with Gasteiger partial charge in [-0.05, 0) is 12.8 Å². The predicted octanol–water partition coefficient (Wildman–Crippen LogP) is 2.69. The highest BCUT2D eigenvalue weighted by atomic mass is 19.4. The van der Waals surface area contributed by atoms with E-state index in [9.17, 15) is 18.0 Å². The summed E-state index contributed by atoms with van der Waals surface area (Å²) in [6, 6.07) is 0. The van der Waals surface area contributed by atoms with Crippen LogP contribution in [-0.2, 0) is 4.79 Å². The standard InChI is InChI=1S/C8H13F3O2/c1-5(7(12)13)3-4-6(2)8(9,10)11/h5-6H,3-4H2,1-2H3,(H,12,13). The molecule has 5 heteroatoms. The summed E-state index contributed by atoms with van der Waals surface area (Å²) in [6.45, 7) is 2.47. The molecular formula is C8H13F3O2. The summed E-state index contributed by atoms with van der Waals surface area (Å²) in [5, 5.41) is 8.42. The van der Waals surface area contributed by atoms with E-state index >= 15 is 0 Å². The van der Waals surface area contributed by atoms with Crippen molar-refractivity contribution in [2.24, 2.45) is 11.8 Å². The lowest BCUT2D eigenvalue weighted by molar-refractivity contribution is -0.172. The minimum atomic E-state index is -4.21. The lowest BCUT2D eigenvalue weighted by atomic mass is 9.98. The molecule has 0 radical (unpaired) electrons. The molecule has 0 aliphatic heterocycles. The highest BCUT2D eigenvalue weighted by molar-refractivity contribution is 5.69. The number of aliphatic carboxylic acids is 1. The van der Waals surface area contributed by atoms with E-state index < -0.39 is 24.0 Å². The van der Waals surface area contributed by atoms with Gasteiger partial charge in [0.05, 0.1) is 11.8 Å². The van der Waals surface area contributed by atoms with Crippen LogP contribution in [0.1, 0.15) is 26.7 Å². The van der Waals surface area contributed by atoms with E-state index in [2.05, 4.69) is 0 Å². The van der Waals surface area contributed by atoms with Crippen LogP contribution in [0.25, 0.3) is 0 Å². The van der Waals surface area contributed by atoms with Crippen molar-refractivity contribution in [2.75, 3.05) is 0 Å². The molecule has 13 heavy (non-hydrogen) atoms. The van der Waals surface area contributed by atoms with E-state index in [1.54, 1.807) is 0 Å². The van der Waals surface area contributed by atoms with E-state index in [1.807, 2.05) is 0 Å². The molecule has 0 aromatic carbocycles. The Kier molecular flexibility index (Phi) is 4.23.